The highest BCUT2D eigenvalue weighted by Gasteiger charge is 2.48. The van der Waals surface area contributed by atoms with Gasteiger partial charge in [-0.3, -0.25) is 4.79 Å². The van der Waals surface area contributed by atoms with E-state index in [1.165, 1.54) is 12.8 Å². The van der Waals surface area contributed by atoms with Crippen LogP contribution < -0.4 is 0 Å². The van der Waals surface area contributed by atoms with Crippen LogP contribution in [0.1, 0.15) is 19.8 Å². The molecule has 0 radical (unpaired) electrons. The molecule has 2 aliphatic heterocycles. The summed E-state index contributed by atoms with van der Waals surface area (Å²) in [6, 6.07) is 1.37. The third-order valence-corrected chi connectivity index (χ3v) is 4.02. The molecule has 2 atom stereocenters. The van der Waals surface area contributed by atoms with Gasteiger partial charge in [-0.1, -0.05) is 0 Å². The van der Waals surface area contributed by atoms with Gasteiger partial charge in [0.25, 0.3) is 0 Å². The highest BCUT2D eigenvalue weighted by molar-refractivity contribution is 5.73. The van der Waals surface area contributed by atoms with Crippen LogP contribution in [0.5, 0.6) is 0 Å². The molecule has 2 unspecified atom stereocenters. The van der Waals surface area contributed by atoms with Crippen molar-refractivity contribution in [3.05, 3.63) is 0 Å². The first-order valence-corrected chi connectivity index (χ1v) is 5.10. The molecule has 0 aromatic heterocycles. The first-order chi connectivity index (χ1) is 6.01. The molecule has 0 aromatic carbocycles. The number of fused-ring (bicyclic) bond motifs is 2. The van der Waals surface area contributed by atoms with E-state index in [1.54, 1.807) is 6.92 Å². The lowest BCUT2D eigenvalue weighted by Gasteiger charge is -2.45. The van der Waals surface area contributed by atoms with Crippen LogP contribution in [0.4, 0.5) is 0 Å². The van der Waals surface area contributed by atoms with Gasteiger partial charge in [0.1, 0.15) is 12.1 Å². The second kappa shape index (κ2) is 2.71. The minimum absolute atomic E-state index is 0.247. The molecule has 2 heterocycles. The van der Waals surface area contributed by atoms with E-state index < -0.39 is 0 Å². The van der Waals surface area contributed by atoms with Crippen molar-refractivity contribution >= 4 is 5.91 Å². The van der Waals surface area contributed by atoms with Crippen molar-refractivity contribution < 1.29 is 9.28 Å². The standard InChI is InChI=1S/C10H19N2O/c1-8(13)11-6-9-4-5-10(7-11)12(9,2)3/h9-10H,4-7H2,1-3H3/q+1. The normalized spacial score (nSPS) is 36.4. The molecule has 0 saturated carbocycles. The number of hydrogen-bond donors (Lipinski definition) is 0. The van der Waals surface area contributed by atoms with Gasteiger partial charge in [-0.05, 0) is 0 Å². The Kier molecular flexibility index (Phi) is 1.88. The van der Waals surface area contributed by atoms with Crippen molar-refractivity contribution in [3.63, 3.8) is 0 Å². The van der Waals surface area contributed by atoms with Crippen molar-refractivity contribution in [1.82, 2.24) is 4.90 Å². The number of rotatable bonds is 0. The molecule has 13 heavy (non-hydrogen) atoms. The molecule has 0 aromatic rings. The monoisotopic (exact) mass is 183 g/mol. The first kappa shape index (κ1) is 9.00. The molecule has 2 rings (SSSR count). The average Bonchev–Trinajstić information content (AvgIpc) is 2.24. The number of piperazine rings is 1. The summed E-state index contributed by atoms with van der Waals surface area (Å²) in [6.45, 7) is 3.63. The SMILES string of the molecule is CC(=O)N1CC2CCC(C1)[N+]2(C)C. The van der Waals surface area contributed by atoms with E-state index in [-0.39, 0.29) is 5.91 Å². The number of carbonyl (C=O) groups is 1. The van der Waals surface area contributed by atoms with Crippen molar-refractivity contribution in [2.24, 2.45) is 0 Å². The van der Waals surface area contributed by atoms with Gasteiger partial charge in [0, 0.05) is 19.8 Å². The van der Waals surface area contributed by atoms with Gasteiger partial charge in [0.15, 0.2) is 0 Å². The quantitative estimate of drug-likeness (QED) is 0.499. The Morgan fingerprint density at radius 2 is 1.69 bits per heavy atom. The number of quaternary nitrogens is 1. The van der Waals surface area contributed by atoms with Gasteiger partial charge in [0.05, 0.1) is 27.2 Å². The number of amides is 1. The summed E-state index contributed by atoms with van der Waals surface area (Å²) in [5.41, 5.74) is 0. The Morgan fingerprint density at radius 3 is 2.08 bits per heavy atom. The minimum Gasteiger partial charge on any atom is -0.331 e. The predicted molar refractivity (Wildman–Crippen MR) is 51.2 cm³/mol. The van der Waals surface area contributed by atoms with E-state index in [9.17, 15) is 4.79 Å². The maximum absolute atomic E-state index is 11.2. The van der Waals surface area contributed by atoms with Crippen LogP contribution in [-0.2, 0) is 4.79 Å². The molecule has 1 amide bonds. The van der Waals surface area contributed by atoms with Crippen molar-refractivity contribution in [2.75, 3.05) is 27.2 Å². The van der Waals surface area contributed by atoms with Gasteiger partial charge in [-0.25, -0.2) is 0 Å². The molecule has 2 saturated heterocycles. The molecule has 0 N–H and O–H groups in total. The predicted octanol–water partition coefficient (Wildman–Crippen LogP) is 0.456. The largest absolute Gasteiger partial charge is 0.331 e. The van der Waals surface area contributed by atoms with E-state index in [2.05, 4.69) is 14.1 Å². The fourth-order valence-corrected chi connectivity index (χ4v) is 2.79. The van der Waals surface area contributed by atoms with Crippen LogP contribution in [0.2, 0.25) is 0 Å². The van der Waals surface area contributed by atoms with Crippen molar-refractivity contribution in [2.45, 2.75) is 31.8 Å². The highest BCUT2D eigenvalue weighted by atomic mass is 16.2. The number of likely N-dealkylation sites (N-methyl/N-ethyl adjacent to an activating group) is 1. The number of likely N-dealkylation sites (tertiary alicyclic amines) is 1. The fourth-order valence-electron chi connectivity index (χ4n) is 2.79. The highest BCUT2D eigenvalue weighted by Crippen LogP contribution is 2.34. The minimum atomic E-state index is 0.247. The van der Waals surface area contributed by atoms with Crippen molar-refractivity contribution in [3.8, 4) is 0 Å². The molecule has 0 aliphatic carbocycles. The van der Waals surface area contributed by atoms with Gasteiger partial charge in [-0.15, -0.1) is 0 Å². The topological polar surface area (TPSA) is 20.3 Å². The second-order valence-corrected chi connectivity index (χ2v) is 4.94. The Bertz CT molecular complexity index is 221. The third-order valence-electron chi connectivity index (χ3n) is 4.02. The number of nitrogens with zero attached hydrogens (tertiary/aromatic N) is 2. The maximum atomic E-state index is 11.2. The molecule has 2 bridgehead atoms. The molecular weight excluding hydrogens is 164 g/mol. The fraction of sp³-hybridized carbons (Fsp3) is 0.900. The van der Waals surface area contributed by atoms with E-state index >= 15 is 0 Å². The average molecular weight is 183 g/mol. The van der Waals surface area contributed by atoms with E-state index in [4.69, 9.17) is 0 Å². The molecule has 0 spiro atoms. The van der Waals surface area contributed by atoms with Gasteiger partial charge < -0.3 is 9.38 Å². The smallest absolute Gasteiger partial charge is 0.219 e. The summed E-state index contributed by atoms with van der Waals surface area (Å²) in [5, 5.41) is 0. The van der Waals surface area contributed by atoms with Gasteiger partial charge in [-0.2, -0.15) is 0 Å². The Balaban J connectivity index is 2.15. The summed E-state index contributed by atoms with van der Waals surface area (Å²) < 4.78 is 1.13. The van der Waals surface area contributed by atoms with Crippen LogP contribution in [0.25, 0.3) is 0 Å². The lowest BCUT2D eigenvalue weighted by Crippen LogP contribution is -2.62. The van der Waals surface area contributed by atoms with E-state index in [1.807, 2.05) is 4.90 Å². The van der Waals surface area contributed by atoms with Gasteiger partial charge in [0.2, 0.25) is 5.91 Å². The Hall–Kier alpha value is -0.570. The molecular formula is C10H19N2O+. The summed E-state index contributed by atoms with van der Waals surface area (Å²) in [5.74, 6) is 0.247. The Morgan fingerprint density at radius 1 is 1.23 bits per heavy atom. The summed E-state index contributed by atoms with van der Waals surface area (Å²) in [4.78, 5) is 13.3. The van der Waals surface area contributed by atoms with Crippen LogP contribution in [0.3, 0.4) is 0 Å². The molecule has 3 heteroatoms. The molecule has 74 valence electrons. The third kappa shape index (κ3) is 1.26. The first-order valence-electron chi connectivity index (χ1n) is 5.10. The Labute approximate surface area is 79.9 Å². The summed E-state index contributed by atoms with van der Waals surface area (Å²) in [7, 11) is 4.61. The zero-order chi connectivity index (χ0) is 9.64. The van der Waals surface area contributed by atoms with Crippen LogP contribution in [0, 0.1) is 0 Å². The maximum Gasteiger partial charge on any atom is 0.219 e. The van der Waals surface area contributed by atoms with Crippen molar-refractivity contribution in [1.29, 1.82) is 0 Å². The van der Waals surface area contributed by atoms with Crippen LogP contribution in [0.15, 0.2) is 0 Å². The lowest BCUT2D eigenvalue weighted by molar-refractivity contribution is -0.929. The molecule has 3 nitrogen and oxygen atoms in total. The molecule has 2 fully saturated rings. The summed E-state index contributed by atoms with van der Waals surface area (Å²) >= 11 is 0. The van der Waals surface area contributed by atoms with Crippen LogP contribution in [-0.4, -0.2) is 54.6 Å². The van der Waals surface area contributed by atoms with E-state index in [0.717, 1.165) is 17.6 Å². The van der Waals surface area contributed by atoms with Gasteiger partial charge >= 0.3 is 0 Å². The number of carbonyl (C=O) groups excluding carboxylic acids is 1. The van der Waals surface area contributed by atoms with Crippen LogP contribution >= 0.6 is 0 Å². The molecule has 2 aliphatic rings. The summed E-state index contributed by atoms with van der Waals surface area (Å²) in [6.07, 6.45) is 2.59. The van der Waals surface area contributed by atoms with E-state index in [0.29, 0.717) is 12.1 Å². The number of hydrogen-bond acceptors (Lipinski definition) is 1. The lowest BCUT2D eigenvalue weighted by atomic mass is 10.1. The zero-order valence-electron chi connectivity index (χ0n) is 8.79. The second-order valence-electron chi connectivity index (χ2n) is 4.94. The zero-order valence-corrected chi connectivity index (χ0v) is 8.79.